The molecular formula is C16H15F2N3O3. The predicted octanol–water partition coefficient (Wildman–Crippen LogP) is 1.95. The zero-order chi connectivity index (χ0) is 17.1. The van der Waals surface area contributed by atoms with Crippen LogP contribution in [0.25, 0.3) is 0 Å². The summed E-state index contributed by atoms with van der Waals surface area (Å²) in [6, 6.07) is 5.26. The standard InChI is InChI=1S/C16H15F2N3O3/c17-12-6-2-1-5-11(12)15(22)19-14-13(18)9-21(16(23)20-14)8-10-4-3-7-24-10/h1-2,5-6,9-10H,3-4,7-8H2,(H,19,20,22,23). The van der Waals surface area contributed by atoms with Gasteiger partial charge in [0.1, 0.15) is 5.82 Å². The molecule has 1 unspecified atom stereocenters. The van der Waals surface area contributed by atoms with Crippen molar-refractivity contribution < 1.29 is 18.3 Å². The molecule has 0 aliphatic carbocycles. The molecule has 0 radical (unpaired) electrons. The summed E-state index contributed by atoms with van der Waals surface area (Å²) >= 11 is 0. The van der Waals surface area contributed by atoms with Gasteiger partial charge in [0, 0.05) is 12.8 Å². The summed E-state index contributed by atoms with van der Waals surface area (Å²) in [4.78, 5) is 27.5. The van der Waals surface area contributed by atoms with Crippen molar-refractivity contribution >= 4 is 11.7 Å². The summed E-state index contributed by atoms with van der Waals surface area (Å²) in [7, 11) is 0. The minimum atomic E-state index is -0.879. The van der Waals surface area contributed by atoms with Crippen molar-refractivity contribution in [3.8, 4) is 0 Å². The van der Waals surface area contributed by atoms with E-state index in [0.29, 0.717) is 6.61 Å². The highest BCUT2D eigenvalue weighted by Gasteiger charge is 2.19. The van der Waals surface area contributed by atoms with Crippen LogP contribution in [0.5, 0.6) is 0 Å². The van der Waals surface area contributed by atoms with Crippen molar-refractivity contribution in [2.45, 2.75) is 25.5 Å². The van der Waals surface area contributed by atoms with Crippen LogP contribution in [0.15, 0.2) is 35.3 Å². The topological polar surface area (TPSA) is 73.2 Å². The van der Waals surface area contributed by atoms with Crippen LogP contribution in [0.4, 0.5) is 14.6 Å². The number of rotatable bonds is 4. The third-order valence-electron chi connectivity index (χ3n) is 3.72. The van der Waals surface area contributed by atoms with E-state index in [4.69, 9.17) is 4.74 Å². The quantitative estimate of drug-likeness (QED) is 0.927. The summed E-state index contributed by atoms with van der Waals surface area (Å²) in [5.74, 6) is -3.04. The first-order chi connectivity index (χ1) is 11.5. The maximum atomic E-state index is 14.1. The molecule has 1 amide bonds. The molecule has 1 aromatic carbocycles. The van der Waals surface area contributed by atoms with Gasteiger partial charge in [-0.3, -0.25) is 9.36 Å². The molecule has 1 N–H and O–H groups in total. The van der Waals surface area contributed by atoms with Crippen LogP contribution in [-0.4, -0.2) is 28.2 Å². The van der Waals surface area contributed by atoms with Crippen LogP contribution in [0.3, 0.4) is 0 Å². The Kier molecular flexibility index (Phi) is 4.66. The smallest absolute Gasteiger partial charge is 0.349 e. The van der Waals surface area contributed by atoms with Gasteiger partial charge in [0.05, 0.1) is 18.2 Å². The largest absolute Gasteiger partial charge is 0.376 e. The van der Waals surface area contributed by atoms with Crippen molar-refractivity contribution in [2.75, 3.05) is 11.9 Å². The summed E-state index contributed by atoms with van der Waals surface area (Å²) in [5.41, 5.74) is -0.974. The van der Waals surface area contributed by atoms with Crippen molar-refractivity contribution in [1.29, 1.82) is 0 Å². The maximum Gasteiger partial charge on any atom is 0.349 e. The van der Waals surface area contributed by atoms with E-state index < -0.39 is 29.0 Å². The lowest BCUT2D eigenvalue weighted by atomic mass is 10.2. The highest BCUT2D eigenvalue weighted by Crippen LogP contribution is 2.15. The van der Waals surface area contributed by atoms with Crippen LogP contribution in [0, 0.1) is 11.6 Å². The van der Waals surface area contributed by atoms with Crippen LogP contribution < -0.4 is 11.0 Å². The van der Waals surface area contributed by atoms with Crippen LogP contribution in [-0.2, 0) is 11.3 Å². The molecule has 126 valence electrons. The fraction of sp³-hybridized carbons (Fsp3) is 0.312. The molecule has 1 fully saturated rings. The SMILES string of the molecule is O=C(Nc1nc(=O)n(CC2CCCO2)cc1F)c1ccccc1F. The molecular weight excluding hydrogens is 320 g/mol. The zero-order valence-corrected chi connectivity index (χ0v) is 12.7. The van der Waals surface area contributed by atoms with Crippen molar-refractivity contribution in [2.24, 2.45) is 0 Å². The Morgan fingerprint density at radius 2 is 2.12 bits per heavy atom. The third kappa shape index (κ3) is 3.48. The minimum absolute atomic E-state index is 0.150. The first kappa shape index (κ1) is 16.3. The number of halogens is 2. The number of benzene rings is 1. The van der Waals surface area contributed by atoms with Crippen molar-refractivity contribution in [3.63, 3.8) is 0 Å². The third-order valence-corrected chi connectivity index (χ3v) is 3.72. The number of hydrogen-bond donors (Lipinski definition) is 1. The van der Waals surface area contributed by atoms with Gasteiger partial charge in [-0.05, 0) is 25.0 Å². The Bertz CT molecular complexity index is 816. The molecule has 8 heteroatoms. The summed E-state index contributed by atoms with van der Waals surface area (Å²) in [6.07, 6.45) is 2.50. The summed E-state index contributed by atoms with van der Waals surface area (Å²) in [6.45, 7) is 0.816. The summed E-state index contributed by atoms with van der Waals surface area (Å²) in [5, 5.41) is 2.12. The highest BCUT2D eigenvalue weighted by atomic mass is 19.1. The number of amides is 1. The van der Waals surface area contributed by atoms with Crippen molar-refractivity contribution in [1.82, 2.24) is 9.55 Å². The first-order valence-electron chi connectivity index (χ1n) is 7.49. The molecule has 1 aromatic heterocycles. The second kappa shape index (κ2) is 6.88. The first-order valence-corrected chi connectivity index (χ1v) is 7.49. The number of carbonyl (C=O) groups excluding carboxylic acids is 1. The molecule has 2 aromatic rings. The molecule has 6 nitrogen and oxygen atoms in total. The highest BCUT2D eigenvalue weighted by molar-refractivity contribution is 6.03. The van der Waals surface area contributed by atoms with E-state index in [1.807, 2.05) is 0 Å². The van der Waals surface area contributed by atoms with Gasteiger partial charge in [-0.15, -0.1) is 0 Å². The summed E-state index contributed by atoms with van der Waals surface area (Å²) < 4.78 is 34.2. The van der Waals surface area contributed by atoms with Crippen LogP contribution in [0.1, 0.15) is 23.2 Å². The molecule has 0 saturated carbocycles. The number of nitrogens with zero attached hydrogens (tertiary/aromatic N) is 2. The van der Waals surface area contributed by atoms with Crippen LogP contribution >= 0.6 is 0 Å². The lowest BCUT2D eigenvalue weighted by Crippen LogP contribution is -2.30. The average Bonchev–Trinajstić information content (AvgIpc) is 3.05. The Morgan fingerprint density at radius 1 is 1.33 bits per heavy atom. The molecule has 3 rings (SSSR count). The van der Waals surface area contributed by atoms with E-state index in [1.165, 1.54) is 18.2 Å². The van der Waals surface area contributed by atoms with Crippen LogP contribution in [0.2, 0.25) is 0 Å². The van der Waals surface area contributed by atoms with Crippen molar-refractivity contribution in [3.05, 3.63) is 58.1 Å². The molecule has 0 bridgehead atoms. The Balaban J connectivity index is 1.79. The van der Waals surface area contributed by atoms with E-state index >= 15 is 0 Å². The Labute approximate surface area is 136 Å². The van der Waals surface area contributed by atoms with Gasteiger partial charge in [0.25, 0.3) is 5.91 Å². The number of nitrogens with one attached hydrogen (secondary N) is 1. The second-order valence-electron chi connectivity index (χ2n) is 5.44. The second-order valence-corrected chi connectivity index (χ2v) is 5.44. The molecule has 1 aliphatic rings. The Hall–Kier alpha value is -2.61. The van der Waals surface area contributed by atoms with Gasteiger partial charge in [-0.1, -0.05) is 12.1 Å². The lowest BCUT2D eigenvalue weighted by molar-refractivity contribution is 0.0954. The molecule has 0 spiro atoms. The fourth-order valence-corrected chi connectivity index (χ4v) is 2.51. The van der Waals surface area contributed by atoms with Gasteiger partial charge in [-0.2, -0.15) is 4.98 Å². The van der Waals surface area contributed by atoms with Gasteiger partial charge in [-0.25, -0.2) is 13.6 Å². The molecule has 2 heterocycles. The predicted molar refractivity (Wildman–Crippen MR) is 81.8 cm³/mol. The number of hydrogen-bond acceptors (Lipinski definition) is 4. The maximum absolute atomic E-state index is 14.1. The molecule has 1 aliphatic heterocycles. The number of aromatic nitrogens is 2. The monoisotopic (exact) mass is 335 g/mol. The normalized spacial score (nSPS) is 17.0. The average molecular weight is 335 g/mol. The zero-order valence-electron chi connectivity index (χ0n) is 12.7. The number of ether oxygens (including phenoxy) is 1. The molecule has 1 atom stereocenters. The Morgan fingerprint density at radius 3 is 2.83 bits per heavy atom. The van der Waals surface area contributed by atoms with Gasteiger partial charge in [0.15, 0.2) is 11.6 Å². The van der Waals surface area contributed by atoms with E-state index in [2.05, 4.69) is 10.3 Å². The van der Waals surface area contributed by atoms with Gasteiger partial charge in [0.2, 0.25) is 0 Å². The minimum Gasteiger partial charge on any atom is -0.376 e. The fourth-order valence-electron chi connectivity index (χ4n) is 2.51. The van der Waals surface area contributed by atoms with Gasteiger partial charge < -0.3 is 10.1 Å². The number of anilines is 1. The lowest BCUT2D eigenvalue weighted by Gasteiger charge is -2.12. The van der Waals surface area contributed by atoms with E-state index in [0.717, 1.165) is 29.7 Å². The van der Waals surface area contributed by atoms with Gasteiger partial charge >= 0.3 is 5.69 Å². The van der Waals surface area contributed by atoms with E-state index in [9.17, 15) is 18.4 Å². The number of carbonyl (C=O) groups is 1. The molecule has 24 heavy (non-hydrogen) atoms. The van der Waals surface area contributed by atoms with E-state index in [1.54, 1.807) is 0 Å². The van der Waals surface area contributed by atoms with E-state index in [-0.39, 0.29) is 18.2 Å². The molecule has 1 saturated heterocycles.